The van der Waals surface area contributed by atoms with Crippen molar-refractivity contribution in [3.63, 3.8) is 0 Å². The number of piperidine rings is 1. The molecular formula is C27H31ClN4O4. The Morgan fingerprint density at radius 3 is 2.67 bits per heavy atom. The number of unbranched alkanes of at least 4 members (excludes halogenated alkanes) is 1. The van der Waals surface area contributed by atoms with Crippen molar-refractivity contribution in [1.29, 1.82) is 0 Å². The first-order valence-electron chi connectivity index (χ1n) is 12.3. The number of amides is 2. The van der Waals surface area contributed by atoms with Crippen LogP contribution in [0.1, 0.15) is 43.1 Å². The summed E-state index contributed by atoms with van der Waals surface area (Å²) in [5, 5.41) is 10.7. The number of benzene rings is 2. The molecule has 9 heteroatoms. The van der Waals surface area contributed by atoms with Crippen LogP contribution in [-0.2, 0) is 4.79 Å². The Hall–Kier alpha value is -3.52. The zero-order valence-corrected chi connectivity index (χ0v) is 21.1. The number of ether oxygens (including phenoxy) is 1. The Morgan fingerprint density at radius 2 is 1.89 bits per heavy atom. The zero-order chi connectivity index (χ0) is 25.3. The highest BCUT2D eigenvalue weighted by molar-refractivity contribution is 6.33. The first-order chi connectivity index (χ1) is 17.5. The Balaban J connectivity index is 1.26. The van der Waals surface area contributed by atoms with E-state index in [9.17, 15) is 9.59 Å². The number of aromatic nitrogens is 1. The third kappa shape index (κ3) is 6.57. The van der Waals surface area contributed by atoms with Crippen molar-refractivity contribution < 1.29 is 18.8 Å². The van der Waals surface area contributed by atoms with Gasteiger partial charge >= 0.3 is 0 Å². The van der Waals surface area contributed by atoms with Crippen molar-refractivity contribution in [1.82, 2.24) is 15.4 Å². The molecule has 0 unspecified atom stereocenters. The number of carbonyl (C=O) groups excluding carboxylic acids is 2. The molecule has 0 spiro atoms. The molecule has 0 radical (unpaired) electrons. The first kappa shape index (κ1) is 25.6. The number of rotatable bonds is 10. The minimum atomic E-state index is -0.460. The average Bonchev–Trinajstić information content (AvgIpc) is 3.40. The van der Waals surface area contributed by atoms with Crippen LogP contribution in [0, 0.1) is 0 Å². The van der Waals surface area contributed by atoms with Crippen molar-refractivity contribution in [2.75, 3.05) is 31.6 Å². The van der Waals surface area contributed by atoms with Crippen molar-refractivity contribution >= 4 is 29.1 Å². The van der Waals surface area contributed by atoms with Crippen LogP contribution in [0.2, 0.25) is 5.02 Å². The number of nitrogens with zero attached hydrogens (tertiary/aromatic N) is 2. The molecule has 1 aromatic heterocycles. The summed E-state index contributed by atoms with van der Waals surface area (Å²) < 4.78 is 11.3. The van der Waals surface area contributed by atoms with E-state index in [2.05, 4.69) is 22.7 Å². The normalized spacial score (nSPS) is 13.9. The Labute approximate surface area is 215 Å². The maximum Gasteiger partial charge on any atom is 0.273 e. The second-order valence-electron chi connectivity index (χ2n) is 8.74. The quantitative estimate of drug-likeness (QED) is 0.372. The van der Waals surface area contributed by atoms with Crippen LogP contribution in [0.4, 0.5) is 5.69 Å². The van der Waals surface area contributed by atoms with Crippen molar-refractivity contribution in [3.8, 4) is 17.1 Å². The largest absolute Gasteiger partial charge is 0.493 e. The molecule has 0 atom stereocenters. The number of hydrogen-bond acceptors (Lipinski definition) is 6. The predicted octanol–water partition coefficient (Wildman–Crippen LogP) is 5.01. The maximum atomic E-state index is 12.7. The number of halogens is 1. The maximum absolute atomic E-state index is 12.7. The lowest BCUT2D eigenvalue weighted by molar-refractivity contribution is -0.131. The first-order valence-corrected chi connectivity index (χ1v) is 12.7. The fourth-order valence-corrected chi connectivity index (χ4v) is 4.25. The van der Waals surface area contributed by atoms with E-state index in [1.807, 2.05) is 48.5 Å². The highest BCUT2D eigenvalue weighted by Gasteiger charge is 2.24. The van der Waals surface area contributed by atoms with Crippen LogP contribution in [0.3, 0.4) is 0 Å². The van der Waals surface area contributed by atoms with Gasteiger partial charge in [0.05, 0.1) is 29.4 Å². The highest BCUT2D eigenvalue weighted by atomic mass is 35.5. The van der Waals surface area contributed by atoms with Crippen LogP contribution >= 0.6 is 11.6 Å². The minimum Gasteiger partial charge on any atom is -0.493 e. The fourth-order valence-electron chi connectivity index (χ4n) is 4.06. The van der Waals surface area contributed by atoms with E-state index in [1.165, 1.54) is 0 Å². The molecule has 1 saturated heterocycles. The summed E-state index contributed by atoms with van der Waals surface area (Å²) in [6.07, 6.45) is 3.58. The fraction of sp³-hybridized carbons (Fsp3) is 0.370. The standard InChI is InChI=1S/C27H31ClN4O4/c1-2-3-16-35-24-11-7-4-8-20(24)25-17-23(31-36-25)27(34)29-18-26(33)32-14-12-19(13-15-32)30-22-10-6-5-9-21(22)28/h4-11,17,19,30H,2-3,12-16,18H2,1H3,(H,29,34). The van der Waals surface area contributed by atoms with Gasteiger partial charge < -0.3 is 24.8 Å². The number of para-hydroxylation sites is 2. The van der Waals surface area contributed by atoms with Gasteiger partial charge in [0.1, 0.15) is 5.75 Å². The van der Waals surface area contributed by atoms with Gasteiger partial charge in [-0.25, -0.2) is 0 Å². The Bertz CT molecular complexity index is 1170. The van der Waals surface area contributed by atoms with Gasteiger partial charge in [-0.1, -0.05) is 54.4 Å². The molecule has 1 aliphatic heterocycles. The molecule has 3 aromatic rings. The highest BCUT2D eigenvalue weighted by Crippen LogP contribution is 2.30. The summed E-state index contributed by atoms with van der Waals surface area (Å²) in [6.45, 7) is 3.83. The Kier molecular flexibility index (Phi) is 8.84. The van der Waals surface area contributed by atoms with E-state index in [-0.39, 0.29) is 24.2 Å². The molecule has 36 heavy (non-hydrogen) atoms. The summed E-state index contributed by atoms with van der Waals surface area (Å²) in [5.41, 5.74) is 1.74. The van der Waals surface area contributed by atoms with E-state index in [1.54, 1.807) is 11.0 Å². The average molecular weight is 511 g/mol. The van der Waals surface area contributed by atoms with Gasteiger partial charge in [-0.2, -0.15) is 0 Å². The van der Waals surface area contributed by atoms with Crippen LogP contribution in [0.5, 0.6) is 5.75 Å². The van der Waals surface area contributed by atoms with E-state index in [4.69, 9.17) is 20.9 Å². The molecule has 2 aromatic carbocycles. The predicted molar refractivity (Wildman–Crippen MR) is 139 cm³/mol. The smallest absolute Gasteiger partial charge is 0.273 e. The second kappa shape index (κ2) is 12.4. The summed E-state index contributed by atoms with van der Waals surface area (Å²) in [7, 11) is 0. The van der Waals surface area contributed by atoms with Gasteiger partial charge in [-0.15, -0.1) is 0 Å². The lowest BCUT2D eigenvalue weighted by Gasteiger charge is -2.33. The number of carbonyl (C=O) groups is 2. The number of anilines is 1. The lowest BCUT2D eigenvalue weighted by atomic mass is 10.0. The third-order valence-electron chi connectivity index (χ3n) is 6.13. The molecule has 190 valence electrons. The topological polar surface area (TPSA) is 96.7 Å². The molecule has 0 aliphatic carbocycles. The second-order valence-corrected chi connectivity index (χ2v) is 9.14. The minimum absolute atomic E-state index is 0.0969. The molecule has 2 N–H and O–H groups in total. The number of nitrogens with one attached hydrogen (secondary N) is 2. The van der Waals surface area contributed by atoms with Crippen LogP contribution in [0.25, 0.3) is 11.3 Å². The molecule has 2 amide bonds. The lowest BCUT2D eigenvalue weighted by Crippen LogP contribution is -2.46. The number of hydrogen-bond donors (Lipinski definition) is 2. The molecule has 1 fully saturated rings. The van der Waals surface area contributed by atoms with Gasteiger partial charge in [0.2, 0.25) is 5.91 Å². The molecular weight excluding hydrogens is 480 g/mol. The summed E-state index contributed by atoms with van der Waals surface area (Å²) in [4.78, 5) is 27.0. The van der Waals surface area contributed by atoms with Crippen LogP contribution in [0.15, 0.2) is 59.1 Å². The van der Waals surface area contributed by atoms with Gasteiger partial charge in [0.15, 0.2) is 11.5 Å². The van der Waals surface area contributed by atoms with E-state index >= 15 is 0 Å². The number of likely N-dealkylation sites (tertiary alicyclic amines) is 1. The van der Waals surface area contributed by atoms with E-state index in [0.29, 0.717) is 36.2 Å². The van der Waals surface area contributed by atoms with Gasteiger partial charge in [0, 0.05) is 25.2 Å². The Morgan fingerprint density at radius 1 is 1.14 bits per heavy atom. The van der Waals surface area contributed by atoms with Gasteiger partial charge in [0.25, 0.3) is 5.91 Å². The van der Waals surface area contributed by atoms with E-state index < -0.39 is 5.91 Å². The molecule has 4 rings (SSSR count). The van der Waals surface area contributed by atoms with Crippen LogP contribution < -0.4 is 15.4 Å². The SMILES string of the molecule is CCCCOc1ccccc1-c1cc(C(=O)NCC(=O)N2CCC(Nc3ccccc3Cl)CC2)no1. The molecule has 0 bridgehead atoms. The molecule has 1 aliphatic rings. The van der Waals surface area contributed by atoms with Crippen LogP contribution in [-0.4, -0.2) is 54.2 Å². The summed E-state index contributed by atoms with van der Waals surface area (Å²) in [6, 6.07) is 16.9. The monoisotopic (exact) mass is 510 g/mol. The summed E-state index contributed by atoms with van der Waals surface area (Å²) >= 11 is 6.23. The molecule has 0 saturated carbocycles. The van der Waals surface area contributed by atoms with Crippen molar-refractivity contribution in [2.45, 2.75) is 38.6 Å². The van der Waals surface area contributed by atoms with E-state index in [0.717, 1.165) is 36.9 Å². The van der Waals surface area contributed by atoms with Crippen molar-refractivity contribution in [3.05, 3.63) is 65.3 Å². The molecule has 8 nitrogen and oxygen atoms in total. The van der Waals surface area contributed by atoms with Gasteiger partial charge in [-0.3, -0.25) is 9.59 Å². The third-order valence-corrected chi connectivity index (χ3v) is 6.46. The molecule has 2 heterocycles. The summed E-state index contributed by atoms with van der Waals surface area (Å²) in [5.74, 6) is 0.527. The zero-order valence-electron chi connectivity index (χ0n) is 20.3. The van der Waals surface area contributed by atoms with Gasteiger partial charge in [-0.05, 0) is 43.5 Å². The van der Waals surface area contributed by atoms with Crippen molar-refractivity contribution in [2.24, 2.45) is 0 Å².